The van der Waals surface area contributed by atoms with E-state index in [0.29, 0.717) is 14.5 Å². The Morgan fingerprint density at radius 2 is 1.30 bits per heavy atom. The van der Waals surface area contributed by atoms with Gasteiger partial charge in [-0.25, -0.2) is 4.98 Å². The maximum absolute atomic E-state index is 6.27. The van der Waals surface area contributed by atoms with Crippen LogP contribution in [0, 0.1) is 0 Å². The predicted octanol–water partition coefficient (Wildman–Crippen LogP) is 6.44. The van der Waals surface area contributed by atoms with Crippen LogP contribution in [0.3, 0.4) is 0 Å². The first kappa shape index (κ1) is 13.9. The van der Waals surface area contributed by atoms with Gasteiger partial charge in [-0.1, -0.05) is 71.2 Å². The highest BCUT2D eigenvalue weighted by atomic mass is 35.5. The highest BCUT2D eigenvalue weighted by Crippen LogP contribution is 2.43. The molecule has 0 spiro atoms. The fourth-order valence-corrected chi connectivity index (χ4v) is 3.63. The van der Waals surface area contributed by atoms with Crippen molar-refractivity contribution in [2.75, 3.05) is 0 Å². The minimum atomic E-state index is 0.467. The number of hydrogen-bond acceptors (Lipinski definition) is 2. The van der Waals surface area contributed by atoms with E-state index in [1.807, 2.05) is 48.5 Å². The number of benzene rings is 2. The van der Waals surface area contributed by atoms with E-state index in [1.54, 1.807) is 0 Å². The van der Waals surface area contributed by atoms with Gasteiger partial charge in [-0.15, -0.1) is 11.3 Å². The second-order valence-corrected chi connectivity index (χ2v) is 6.50. The summed E-state index contributed by atoms with van der Waals surface area (Å²) in [5.41, 5.74) is 2.53. The Balaban J connectivity index is 2.25. The van der Waals surface area contributed by atoms with Crippen LogP contribution in [0.4, 0.5) is 0 Å². The summed E-state index contributed by atoms with van der Waals surface area (Å²) in [7, 11) is 0. The molecule has 100 valence electrons. The fourth-order valence-electron chi connectivity index (χ4n) is 1.96. The summed E-state index contributed by atoms with van der Waals surface area (Å²) >= 11 is 20.0. The molecule has 1 heterocycles. The quantitative estimate of drug-likeness (QED) is 0.523. The first-order valence-corrected chi connectivity index (χ1v) is 7.78. The molecular formula is C15H8Cl3NS. The maximum atomic E-state index is 6.27. The van der Waals surface area contributed by atoms with Crippen molar-refractivity contribution >= 4 is 46.1 Å². The van der Waals surface area contributed by atoms with Crippen LogP contribution in [0.15, 0.2) is 48.5 Å². The van der Waals surface area contributed by atoms with Gasteiger partial charge in [0, 0.05) is 16.1 Å². The summed E-state index contributed by atoms with van der Waals surface area (Å²) in [4.78, 5) is 5.32. The summed E-state index contributed by atoms with van der Waals surface area (Å²) in [6.07, 6.45) is 0. The topological polar surface area (TPSA) is 12.9 Å². The zero-order valence-electron chi connectivity index (χ0n) is 10.1. The Morgan fingerprint density at radius 1 is 0.750 bits per heavy atom. The Kier molecular flexibility index (Phi) is 3.99. The van der Waals surface area contributed by atoms with Crippen LogP contribution < -0.4 is 0 Å². The van der Waals surface area contributed by atoms with E-state index < -0.39 is 0 Å². The van der Waals surface area contributed by atoms with E-state index in [4.69, 9.17) is 34.8 Å². The van der Waals surface area contributed by atoms with Crippen LogP contribution in [0.2, 0.25) is 14.5 Å². The third kappa shape index (κ3) is 2.57. The number of halogens is 3. The van der Waals surface area contributed by atoms with E-state index in [9.17, 15) is 0 Å². The Morgan fingerprint density at radius 3 is 1.90 bits per heavy atom. The summed E-state index contributed by atoms with van der Waals surface area (Å²) in [6.45, 7) is 0. The zero-order chi connectivity index (χ0) is 14.1. The van der Waals surface area contributed by atoms with Crippen LogP contribution in [-0.2, 0) is 0 Å². The van der Waals surface area contributed by atoms with Crippen molar-refractivity contribution in [3.05, 3.63) is 63.0 Å². The molecule has 0 radical (unpaired) electrons. The van der Waals surface area contributed by atoms with Gasteiger partial charge in [0.25, 0.3) is 0 Å². The first-order chi connectivity index (χ1) is 9.66. The number of rotatable bonds is 2. The summed E-state index contributed by atoms with van der Waals surface area (Å²) in [5.74, 6) is 0. The summed E-state index contributed by atoms with van der Waals surface area (Å²) in [5, 5.41) is 1.31. The molecule has 0 fully saturated rings. The lowest BCUT2D eigenvalue weighted by atomic mass is 10.1. The van der Waals surface area contributed by atoms with Crippen LogP contribution >= 0.6 is 46.1 Å². The van der Waals surface area contributed by atoms with Gasteiger partial charge in [0.05, 0.1) is 15.6 Å². The molecule has 5 heteroatoms. The van der Waals surface area contributed by atoms with E-state index in [-0.39, 0.29) is 0 Å². The number of thiazole rings is 1. The van der Waals surface area contributed by atoms with E-state index in [1.165, 1.54) is 11.3 Å². The van der Waals surface area contributed by atoms with Crippen LogP contribution in [-0.4, -0.2) is 4.98 Å². The predicted molar refractivity (Wildman–Crippen MR) is 88.0 cm³/mol. The molecule has 0 saturated heterocycles. The first-order valence-electron chi connectivity index (χ1n) is 5.83. The molecule has 0 aliphatic carbocycles. The van der Waals surface area contributed by atoms with E-state index in [0.717, 1.165) is 21.7 Å². The second kappa shape index (κ2) is 5.74. The average molecular weight is 341 g/mol. The van der Waals surface area contributed by atoms with Crippen molar-refractivity contribution in [2.24, 2.45) is 0 Å². The lowest BCUT2D eigenvalue weighted by Crippen LogP contribution is -1.84. The molecule has 1 aromatic heterocycles. The van der Waals surface area contributed by atoms with Gasteiger partial charge in [-0.2, -0.15) is 0 Å². The highest BCUT2D eigenvalue weighted by Gasteiger charge is 2.17. The van der Waals surface area contributed by atoms with Gasteiger partial charge in [-0.3, -0.25) is 0 Å². The molecule has 0 aliphatic heterocycles. The van der Waals surface area contributed by atoms with Gasteiger partial charge in [0.1, 0.15) is 0 Å². The smallest absolute Gasteiger partial charge is 0.184 e. The molecule has 0 atom stereocenters. The van der Waals surface area contributed by atoms with Crippen molar-refractivity contribution in [2.45, 2.75) is 0 Å². The highest BCUT2D eigenvalue weighted by molar-refractivity contribution is 7.19. The molecule has 0 aliphatic rings. The third-order valence-corrected chi connectivity index (χ3v) is 4.70. The standard InChI is InChI=1S/C15H8Cl3NS/c16-11-7-3-1-5-9(11)13-14(20-15(18)19-13)10-6-2-4-8-12(10)17/h1-8H. The van der Waals surface area contributed by atoms with Crippen LogP contribution in [0.5, 0.6) is 0 Å². The third-order valence-electron chi connectivity index (χ3n) is 2.85. The van der Waals surface area contributed by atoms with Crippen molar-refractivity contribution in [1.29, 1.82) is 0 Å². The van der Waals surface area contributed by atoms with Crippen molar-refractivity contribution in [3.63, 3.8) is 0 Å². The SMILES string of the molecule is Clc1nc(-c2ccccc2Cl)c(-c2ccccc2Cl)s1. The Labute approximate surface area is 135 Å². The molecule has 0 bridgehead atoms. The zero-order valence-corrected chi connectivity index (χ0v) is 13.2. The van der Waals surface area contributed by atoms with E-state index in [2.05, 4.69) is 4.98 Å². The molecule has 2 aromatic carbocycles. The Bertz CT molecular complexity index is 704. The van der Waals surface area contributed by atoms with E-state index >= 15 is 0 Å². The number of hydrogen-bond donors (Lipinski definition) is 0. The molecule has 3 aromatic rings. The minimum Gasteiger partial charge on any atom is -0.224 e. The normalized spacial score (nSPS) is 10.8. The van der Waals surface area contributed by atoms with Crippen LogP contribution in [0.1, 0.15) is 0 Å². The van der Waals surface area contributed by atoms with Crippen LogP contribution in [0.25, 0.3) is 21.7 Å². The minimum absolute atomic E-state index is 0.467. The molecule has 3 rings (SSSR count). The molecule has 0 N–H and O–H groups in total. The fraction of sp³-hybridized carbons (Fsp3) is 0. The lowest BCUT2D eigenvalue weighted by Gasteiger charge is -2.06. The summed E-state index contributed by atoms with van der Waals surface area (Å²) < 4.78 is 0.467. The second-order valence-electron chi connectivity index (χ2n) is 4.10. The largest absolute Gasteiger partial charge is 0.224 e. The molecule has 0 unspecified atom stereocenters. The average Bonchev–Trinajstić information content (AvgIpc) is 2.81. The van der Waals surface area contributed by atoms with Gasteiger partial charge in [-0.05, 0) is 12.1 Å². The van der Waals surface area contributed by atoms with Gasteiger partial charge in [0.15, 0.2) is 4.47 Å². The van der Waals surface area contributed by atoms with Gasteiger partial charge >= 0.3 is 0 Å². The molecular weight excluding hydrogens is 333 g/mol. The summed E-state index contributed by atoms with van der Waals surface area (Å²) in [6, 6.07) is 15.2. The number of aromatic nitrogens is 1. The van der Waals surface area contributed by atoms with Crippen molar-refractivity contribution in [1.82, 2.24) is 4.98 Å². The molecule has 0 saturated carbocycles. The lowest BCUT2D eigenvalue weighted by molar-refractivity contribution is 1.41. The molecule has 0 amide bonds. The van der Waals surface area contributed by atoms with Crippen molar-refractivity contribution in [3.8, 4) is 21.7 Å². The Hall–Kier alpha value is -1.06. The number of nitrogens with zero attached hydrogens (tertiary/aromatic N) is 1. The molecule has 1 nitrogen and oxygen atoms in total. The van der Waals surface area contributed by atoms with Crippen molar-refractivity contribution < 1.29 is 0 Å². The van der Waals surface area contributed by atoms with Gasteiger partial charge in [0.2, 0.25) is 0 Å². The molecule has 20 heavy (non-hydrogen) atoms. The maximum Gasteiger partial charge on any atom is 0.184 e. The van der Waals surface area contributed by atoms with Gasteiger partial charge < -0.3 is 0 Å². The monoisotopic (exact) mass is 339 g/mol.